The summed E-state index contributed by atoms with van der Waals surface area (Å²) in [5.41, 5.74) is 0. The molecular weight excluding hydrogens is 232 g/mol. The van der Waals surface area contributed by atoms with E-state index >= 15 is 0 Å². The Morgan fingerprint density at radius 3 is 2.94 bits per heavy atom. The first-order valence-electron chi connectivity index (χ1n) is 6.79. The van der Waals surface area contributed by atoms with Gasteiger partial charge in [-0.05, 0) is 25.3 Å². The van der Waals surface area contributed by atoms with E-state index in [-0.39, 0.29) is 5.92 Å². The fourth-order valence-corrected chi connectivity index (χ4v) is 3.90. The maximum absolute atomic E-state index is 12.4. The van der Waals surface area contributed by atoms with Crippen LogP contribution < -0.4 is 5.32 Å². The first-order chi connectivity index (χ1) is 8.18. The van der Waals surface area contributed by atoms with Crippen molar-refractivity contribution < 1.29 is 4.79 Å². The highest BCUT2D eigenvalue weighted by molar-refractivity contribution is 8.00. The Kier molecular flexibility index (Phi) is 4.74. The lowest BCUT2D eigenvalue weighted by Gasteiger charge is -2.37. The topological polar surface area (TPSA) is 32.3 Å². The lowest BCUT2D eigenvalue weighted by molar-refractivity contribution is -0.136. The minimum Gasteiger partial charge on any atom is -0.340 e. The third-order valence-electron chi connectivity index (χ3n) is 3.79. The molecule has 2 fully saturated rings. The summed E-state index contributed by atoms with van der Waals surface area (Å²) in [5, 5.41) is 3.97. The highest BCUT2D eigenvalue weighted by atomic mass is 32.2. The summed E-state index contributed by atoms with van der Waals surface area (Å²) in [6.07, 6.45) is 2.22. The summed E-state index contributed by atoms with van der Waals surface area (Å²) in [6, 6.07) is 0. The van der Waals surface area contributed by atoms with E-state index in [1.165, 1.54) is 0 Å². The van der Waals surface area contributed by atoms with Gasteiger partial charge in [0.1, 0.15) is 0 Å². The molecule has 1 amide bonds. The highest BCUT2D eigenvalue weighted by Crippen LogP contribution is 2.26. The van der Waals surface area contributed by atoms with Crippen LogP contribution in [0.25, 0.3) is 0 Å². The molecule has 0 aliphatic carbocycles. The first kappa shape index (κ1) is 13.2. The molecule has 98 valence electrons. The maximum atomic E-state index is 12.4. The molecule has 3 nitrogen and oxygen atoms in total. The van der Waals surface area contributed by atoms with Crippen molar-refractivity contribution in [2.45, 2.75) is 31.9 Å². The van der Waals surface area contributed by atoms with E-state index < -0.39 is 0 Å². The quantitative estimate of drug-likeness (QED) is 0.814. The van der Waals surface area contributed by atoms with E-state index in [0.717, 1.165) is 44.8 Å². The first-order valence-corrected chi connectivity index (χ1v) is 7.84. The Morgan fingerprint density at radius 2 is 2.29 bits per heavy atom. The van der Waals surface area contributed by atoms with Crippen molar-refractivity contribution in [1.82, 2.24) is 10.2 Å². The third-order valence-corrected chi connectivity index (χ3v) is 5.33. The van der Waals surface area contributed by atoms with Gasteiger partial charge in [-0.25, -0.2) is 0 Å². The van der Waals surface area contributed by atoms with Crippen LogP contribution in [0, 0.1) is 11.8 Å². The second-order valence-corrected chi connectivity index (χ2v) is 6.83. The second kappa shape index (κ2) is 6.10. The van der Waals surface area contributed by atoms with Crippen LogP contribution in [-0.4, -0.2) is 48.0 Å². The van der Waals surface area contributed by atoms with Gasteiger partial charge in [0.25, 0.3) is 0 Å². The molecule has 2 unspecified atom stereocenters. The van der Waals surface area contributed by atoms with Crippen LogP contribution >= 0.6 is 11.8 Å². The van der Waals surface area contributed by atoms with E-state index in [1.807, 2.05) is 11.8 Å². The van der Waals surface area contributed by atoms with Gasteiger partial charge in [-0.1, -0.05) is 13.8 Å². The number of nitrogens with one attached hydrogen (secondary N) is 1. The summed E-state index contributed by atoms with van der Waals surface area (Å²) in [4.78, 5) is 14.5. The predicted molar refractivity (Wildman–Crippen MR) is 73.3 cm³/mol. The van der Waals surface area contributed by atoms with Gasteiger partial charge in [-0.3, -0.25) is 4.79 Å². The molecule has 0 saturated carbocycles. The van der Waals surface area contributed by atoms with Gasteiger partial charge < -0.3 is 10.2 Å². The van der Waals surface area contributed by atoms with Crippen molar-refractivity contribution in [3.05, 3.63) is 0 Å². The minimum atomic E-state index is 0.236. The lowest BCUT2D eigenvalue weighted by atomic mass is 9.97. The van der Waals surface area contributed by atoms with Gasteiger partial charge in [0, 0.05) is 30.6 Å². The molecule has 0 aromatic rings. The second-order valence-electron chi connectivity index (χ2n) is 5.48. The minimum absolute atomic E-state index is 0.236. The van der Waals surface area contributed by atoms with Gasteiger partial charge in [-0.2, -0.15) is 11.8 Å². The molecule has 2 heterocycles. The molecule has 2 atom stereocenters. The van der Waals surface area contributed by atoms with Crippen LogP contribution in [0.3, 0.4) is 0 Å². The summed E-state index contributed by atoms with van der Waals surface area (Å²) in [6.45, 7) is 8.38. The molecule has 2 rings (SSSR count). The van der Waals surface area contributed by atoms with E-state index in [2.05, 4.69) is 24.1 Å². The van der Waals surface area contributed by atoms with Crippen molar-refractivity contribution in [3.8, 4) is 0 Å². The number of thioether (sulfide) groups is 1. The monoisotopic (exact) mass is 256 g/mol. The van der Waals surface area contributed by atoms with Crippen molar-refractivity contribution >= 4 is 17.7 Å². The Hall–Kier alpha value is -0.220. The van der Waals surface area contributed by atoms with Crippen molar-refractivity contribution in [3.63, 3.8) is 0 Å². The largest absolute Gasteiger partial charge is 0.340 e. The normalized spacial score (nSPS) is 30.6. The zero-order chi connectivity index (χ0) is 12.3. The Morgan fingerprint density at radius 1 is 1.47 bits per heavy atom. The number of hydrogen-bond acceptors (Lipinski definition) is 3. The van der Waals surface area contributed by atoms with E-state index in [0.29, 0.717) is 17.1 Å². The average molecular weight is 256 g/mol. The van der Waals surface area contributed by atoms with Gasteiger partial charge >= 0.3 is 0 Å². The fraction of sp³-hybridized carbons (Fsp3) is 0.923. The maximum Gasteiger partial charge on any atom is 0.227 e. The summed E-state index contributed by atoms with van der Waals surface area (Å²) < 4.78 is 0. The number of nitrogens with zero attached hydrogens (tertiary/aromatic N) is 1. The average Bonchev–Trinajstić information content (AvgIpc) is 2.39. The molecule has 2 aliphatic heterocycles. The Balaban J connectivity index is 1.89. The van der Waals surface area contributed by atoms with Crippen molar-refractivity contribution in [1.29, 1.82) is 0 Å². The fourth-order valence-electron chi connectivity index (χ4n) is 2.60. The molecule has 2 saturated heterocycles. The summed E-state index contributed by atoms with van der Waals surface area (Å²) in [7, 11) is 0. The van der Waals surface area contributed by atoms with Gasteiger partial charge in [0.15, 0.2) is 0 Å². The number of rotatable bonds is 2. The number of piperidine rings is 1. The SMILES string of the molecule is CC(C)C1CN(C(=O)C2CCCNC2)CCS1. The van der Waals surface area contributed by atoms with Crippen molar-refractivity contribution in [2.75, 3.05) is 31.9 Å². The molecule has 0 aromatic carbocycles. The molecule has 0 spiro atoms. The molecule has 0 bridgehead atoms. The predicted octanol–water partition coefficient (Wildman–Crippen LogP) is 1.59. The van der Waals surface area contributed by atoms with Gasteiger partial charge in [-0.15, -0.1) is 0 Å². The molecule has 1 N–H and O–H groups in total. The van der Waals surface area contributed by atoms with Crippen molar-refractivity contribution in [2.24, 2.45) is 11.8 Å². The van der Waals surface area contributed by atoms with Crippen LogP contribution in [0.4, 0.5) is 0 Å². The zero-order valence-electron chi connectivity index (χ0n) is 10.9. The molecule has 2 aliphatic rings. The number of carbonyl (C=O) groups is 1. The molecule has 17 heavy (non-hydrogen) atoms. The van der Waals surface area contributed by atoms with E-state index in [1.54, 1.807) is 0 Å². The Labute approximate surface area is 109 Å². The number of amides is 1. The molecular formula is C13H24N2OS. The van der Waals surface area contributed by atoms with Crippen LogP contribution in [0.5, 0.6) is 0 Å². The highest BCUT2D eigenvalue weighted by Gasteiger charge is 2.30. The standard InChI is InChI=1S/C13H24N2OS/c1-10(2)12-9-15(6-7-17-12)13(16)11-4-3-5-14-8-11/h10-12,14H,3-9H2,1-2H3. The molecule has 0 aromatic heterocycles. The Bertz CT molecular complexity index is 264. The summed E-state index contributed by atoms with van der Waals surface area (Å²) >= 11 is 2.03. The molecule has 4 heteroatoms. The van der Waals surface area contributed by atoms with Crippen LogP contribution in [0.15, 0.2) is 0 Å². The van der Waals surface area contributed by atoms with Crippen LogP contribution in [-0.2, 0) is 4.79 Å². The van der Waals surface area contributed by atoms with E-state index in [4.69, 9.17) is 0 Å². The summed E-state index contributed by atoms with van der Waals surface area (Å²) in [5.74, 6) is 2.40. The smallest absolute Gasteiger partial charge is 0.227 e. The lowest BCUT2D eigenvalue weighted by Crippen LogP contribution is -2.48. The number of hydrogen-bond donors (Lipinski definition) is 1. The molecule has 0 radical (unpaired) electrons. The number of carbonyl (C=O) groups excluding carboxylic acids is 1. The third kappa shape index (κ3) is 3.38. The van der Waals surface area contributed by atoms with Crippen LogP contribution in [0.1, 0.15) is 26.7 Å². The van der Waals surface area contributed by atoms with E-state index in [9.17, 15) is 4.79 Å². The van der Waals surface area contributed by atoms with Gasteiger partial charge in [0.2, 0.25) is 5.91 Å². The zero-order valence-corrected chi connectivity index (χ0v) is 11.8. The van der Waals surface area contributed by atoms with Crippen LogP contribution in [0.2, 0.25) is 0 Å². The van der Waals surface area contributed by atoms with Gasteiger partial charge in [0.05, 0.1) is 5.92 Å².